The molecule has 29 heavy (non-hydrogen) atoms. The summed E-state index contributed by atoms with van der Waals surface area (Å²) in [4.78, 5) is 32.4. The summed E-state index contributed by atoms with van der Waals surface area (Å²) in [5.41, 5.74) is 1.05. The number of hydrogen-bond acceptors (Lipinski definition) is 6. The van der Waals surface area contributed by atoms with Gasteiger partial charge in [0.2, 0.25) is 11.7 Å². The standard InChI is InChI=1S/C21H16FN3O4/c1-2-28-21(27)17-18(26)16(10-12-11-24-19-13(12)6-5-9-23-19)29-20(17)25-15-8-4-3-7-14(15)22/h3-11,25H,2H2,1H3,(H,23,24). The first-order valence-electron chi connectivity index (χ1n) is 8.87. The molecule has 0 radical (unpaired) electrons. The van der Waals surface area contributed by atoms with Crippen molar-refractivity contribution in [2.24, 2.45) is 0 Å². The summed E-state index contributed by atoms with van der Waals surface area (Å²) in [5, 5.41) is 3.46. The van der Waals surface area contributed by atoms with Gasteiger partial charge in [0, 0.05) is 23.3 Å². The first-order valence-corrected chi connectivity index (χ1v) is 8.87. The molecule has 7 nitrogen and oxygen atoms in total. The molecule has 0 atom stereocenters. The Morgan fingerprint density at radius 1 is 1.31 bits per heavy atom. The third kappa shape index (κ3) is 3.47. The molecule has 0 unspecified atom stereocenters. The molecule has 0 fully saturated rings. The fourth-order valence-electron chi connectivity index (χ4n) is 2.93. The van der Waals surface area contributed by atoms with Crippen molar-refractivity contribution in [1.82, 2.24) is 9.97 Å². The van der Waals surface area contributed by atoms with Gasteiger partial charge in [0.05, 0.1) is 12.3 Å². The van der Waals surface area contributed by atoms with Crippen LogP contribution in [0.25, 0.3) is 17.1 Å². The highest BCUT2D eigenvalue weighted by Crippen LogP contribution is 2.30. The van der Waals surface area contributed by atoms with Crippen LogP contribution in [0.2, 0.25) is 0 Å². The van der Waals surface area contributed by atoms with Gasteiger partial charge in [-0.1, -0.05) is 12.1 Å². The van der Waals surface area contributed by atoms with Gasteiger partial charge in [-0.2, -0.15) is 0 Å². The lowest BCUT2D eigenvalue weighted by Crippen LogP contribution is -2.16. The largest absolute Gasteiger partial charge is 0.462 e. The molecule has 0 saturated carbocycles. The number of aromatic nitrogens is 2. The number of nitrogens with zero attached hydrogens (tertiary/aromatic N) is 1. The quantitative estimate of drug-likeness (QED) is 0.391. The average Bonchev–Trinajstić information content (AvgIpc) is 3.25. The highest BCUT2D eigenvalue weighted by molar-refractivity contribution is 6.26. The monoisotopic (exact) mass is 393 g/mol. The Bertz CT molecular complexity index is 1180. The van der Waals surface area contributed by atoms with E-state index in [1.807, 2.05) is 6.07 Å². The number of fused-ring (bicyclic) bond motifs is 1. The van der Waals surface area contributed by atoms with Crippen LogP contribution in [0.1, 0.15) is 12.5 Å². The number of benzene rings is 1. The number of aromatic amines is 1. The van der Waals surface area contributed by atoms with Crippen LogP contribution >= 0.6 is 0 Å². The van der Waals surface area contributed by atoms with E-state index in [1.54, 1.807) is 31.5 Å². The Hall–Kier alpha value is -3.94. The zero-order chi connectivity index (χ0) is 20.4. The van der Waals surface area contributed by atoms with E-state index in [0.29, 0.717) is 11.2 Å². The zero-order valence-electron chi connectivity index (χ0n) is 15.4. The summed E-state index contributed by atoms with van der Waals surface area (Å²) in [6, 6.07) is 9.46. The number of H-pyrrole nitrogens is 1. The number of hydrogen-bond donors (Lipinski definition) is 2. The normalized spacial score (nSPS) is 15.1. The van der Waals surface area contributed by atoms with Crippen molar-refractivity contribution in [3.05, 3.63) is 77.4 Å². The number of ketones is 1. The van der Waals surface area contributed by atoms with Crippen LogP contribution in [0, 0.1) is 5.82 Å². The van der Waals surface area contributed by atoms with Crippen molar-refractivity contribution in [1.29, 1.82) is 0 Å². The van der Waals surface area contributed by atoms with Crippen molar-refractivity contribution in [2.45, 2.75) is 6.92 Å². The molecule has 0 aliphatic carbocycles. The second-order valence-electron chi connectivity index (χ2n) is 6.11. The van der Waals surface area contributed by atoms with Crippen molar-refractivity contribution < 1.29 is 23.5 Å². The fourth-order valence-corrected chi connectivity index (χ4v) is 2.93. The van der Waals surface area contributed by atoms with Gasteiger partial charge in [0.1, 0.15) is 11.5 Å². The van der Waals surface area contributed by atoms with E-state index < -0.39 is 17.6 Å². The third-order valence-electron chi connectivity index (χ3n) is 4.26. The molecule has 4 rings (SSSR count). The van der Waals surface area contributed by atoms with Gasteiger partial charge in [-0.15, -0.1) is 0 Å². The van der Waals surface area contributed by atoms with Crippen LogP contribution in [0.5, 0.6) is 0 Å². The summed E-state index contributed by atoms with van der Waals surface area (Å²) in [6.45, 7) is 1.70. The van der Waals surface area contributed by atoms with E-state index in [2.05, 4.69) is 15.3 Å². The van der Waals surface area contributed by atoms with Crippen molar-refractivity contribution >= 4 is 34.5 Å². The van der Waals surface area contributed by atoms with E-state index in [-0.39, 0.29) is 29.5 Å². The number of allylic oxidation sites excluding steroid dienone is 1. The number of nitrogens with one attached hydrogen (secondary N) is 2. The number of para-hydroxylation sites is 1. The van der Waals surface area contributed by atoms with E-state index in [1.165, 1.54) is 24.3 Å². The SMILES string of the molecule is CCOC(=O)C1=C(Nc2ccccc2F)OC(=Cc2c[nH]c3ncccc23)C1=O. The number of carbonyl (C=O) groups excluding carboxylic acids is 2. The molecule has 0 saturated heterocycles. The van der Waals surface area contributed by atoms with E-state index >= 15 is 0 Å². The Balaban J connectivity index is 1.72. The van der Waals surface area contributed by atoms with Crippen molar-refractivity contribution in [3.8, 4) is 0 Å². The number of Topliss-reactive ketones (excluding diaryl/α,β-unsaturated/α-hetero) is 1. The maximum atomic E-state index is 14.0. The minimum Gasteiger partial charge on any atom is -0.462 e. The molecule has 0 amide bonds. The number of ether oxygens (including phenoxy) is 2. The molecule has 1 aromatic carbocycles. The van der Waals surface area contributed by atoms with Gasteiger partial charge < -0.3 is 19.8 Å². The molecule has 0 spiro atoms. The molecule has 2 aromatic heterocycles. The lowest BCUT2D eigenvalue weighted by molar-refractivity contribution is -0.139. The molecular formula is C21H16FN3O4. The van der Waals surface area contributed by atoms with Crippen molar-refractivity contribution in [2.75, 3.05) is 11.9 Å². The molecule has 8 heteroatoms. The van der Waals surface area contributed by atoms with Gasteiger partial charge in [0.15, 0.2) is 11.3 Å². The third-order valence-corrected chi connectivity index (χ3v) is 4.26. The summed E-state index contributed by atoms with van der Waals surface area (Å²) < 4.78 is 24.6. The van der Waals surface area contributed by atoms with Gasteiger partial charge in [-0.05, 0) is 37.3 Å². The molecule has 146 valence electrons. The molecule has 1 aliphatic rings. The van der Waals surface area contributed by atoms with Gasteiger partial charge >= 0.3 is 5.97 Å². The average molecular weight is 393 g/mol. The molecule has 2 N–H and O–H groups in total. The highest BCUT2D eigenvalue weighted by Gasteiger charge is 2.37. The van der Waals surface area contributed by atoms with Crippen LogP contribution in [-0.4, -0.2) is 28.3 Å². The Morgan fingerprint density at radius 3 is 2.93 bits per heavy atom. The van der Waals surface area contributed by atoms with E-state index in [9.17, 15) is 14.0 Å². The van der Waals surface area contributed by atoms with E-state index in [0.717, 1.165) is 5.39 Å². The minimum absolute atomic E-state index is 0.0645. The number of halogens is 1. The fraction of sp³-hybridized carbons (Fsp3) is 0.0952. The smallest absolute Gasteiger partial charge is 0.347 e. The van der Waals surface area contributed by atoms with Gasteiger partial charge in [-0.25, -0.2) is 14.2 Å². The Kier molecular flexibility index (Phi) is 4.82. The zero-order valence-corrected chi connectivity index (χ0v) is 15.4. The summed E-state index contributed by atoms with van der Waals surface area (Å²) in [6.07, 6.45) is 4.82. The molecule has 1 aliphatic heterocycles. The summed E-state index contributed by atoms with van der Waals surface area (Å²) in [7, 11) is 0. The topological polar surface area (TPSA) is 93.3 Å². The molecular weight excluding hydrogens is 377 g/mol. The van der Waals surface area contributed by atoms with Crippen LogP contribution in [0.15, 0.2) is 66.0 Å². The highest BCUT2D eigenvalue weighted by atomic mass is 19.1. The Labute approximate surface area is 164 Å². The maximum Gasteiger partial charge on any atom is 0.347 e. The Morgan fingerprint density at radius 2 is 2.14 bits per heavy atom. The van der Waals surface area contributed by atoms with Crippen LogP contribution in [0.4, 0.5) is 10.1 Å². The lowest BCUT2D eigenvalue weighted by atomic mass is 10.1. The minimum atomic E-state index is -0.847. The predicted octanol–water partition coefficient (Wildman–Crippen LogP) is 3.53. The van der Waals surface area contributed by atoms with Crippen LogP contribution in [-0.2, 0) is 19.1 Å². The van der Waals surface area contributed by atoms with Gasteiger partial charge in [0.25, 0.3) is 0 Å². The number of esters is 1. The lowest BCUT2D eigenvalue weighted by Gasteiger charge is -2.09. The second-order valence-corrected chi connectivity index (χ2v) is 6.11. The number of carbonyl (C=O) groups is 2. The molecule has 3 heterocycles. The summed E-state index contributed by atoms with van der Waals surface area (Å²) >= 11 is 0. The van der Waals surface area contributed by atoms with Crippen LogP contribution in [0.3, 0.4) is 0 Å². The van der Waals surface area contributed by atoms with Crippen LogP contribution < -0.4 is 5.32 Å². The predicted molar refractivity (Wildman–Crippen MR) is 104 cm³/mol. The van der Waals surface area contributed by atoms with Crippen molar-refractivity contribution in [3.63, 3.8) is 0 Å². The maximum absolute atomic E-state index is 14.0. The first-order chi connectivity index (χ1) is 14.1. The van der Waals surface area contributed by atoms with E-state index in [4.69, 9.17) is 9.47 Å². The number of anilines is 1. The van der Waals surface area contributed by atoms with Gasteiger partial charge in [-0.3, -0.25) is 4.79 Å². The molecule has 0 bridgehead atoms. The number of rotatable bonds is 5. The summed E-state index contributed by atoms with van der Waals surface area (Å²) in [5.74, 6) is -2.32. The number of pyridine rings is 1. The second kappa shape index (κ2) is 7.59. The molecule has 3 aromatic rings. The first kappa shape index (κ1) is 18.4.